The van der Waals surface area contributed by atoms with Crippen molar-refractivity contribution in [2.45, 2.75) is 26.3 Å². The van der Waals surface area contributed by atoms with Crippen LogP contribution < -0.4 is 5.56 Å². The Morgan fingerprint density at radius 1 is 1.30 bits per heavy atom. The fourth-order valence-electron chi connectivity index (χ4n) is 2.55. The zero-order chi connectivity index (χ0) is 14.4. The molecule has 5 nitrogen and oxygen atoms in total. The van der Waals surface area contributed by atoms with Gasteiger partial charge in [0.15, 0.2) is 0 Å². The molecule has 0 atom stereocenters. The summed E-state index contributed by atoms with van der Waals surface area (Å²) in [7, 11) is 0. The van der Waals surface area contributed by atoms with E-state index in [-0.39, 0.29) is 17.4 Å². The zero-order valence-corrected chi connectivity index (χ0v) is 12.0. The molecule has 2 heterocycles. The van der Waals surface area contributed by atoms with E-state index in [1.54, 1.807) is 16.7 Å². The first-order valence-electron chi connectivity index (χ1n) is 7.25. The average molecular weight is 278 g/mol. The Kier molecular flexibility index (Phi) is 5.35. The van der Waals surface area contributed by atoms with E-state index < -0.39 is 0 Å². The maximum atomic E-state index is 11.6. The number of pyridine rings is 1. The van der Waals surface area contributed by atoms with E-state index in [0.717, 1.165) is 32.5 Å². The molecule has 0 spiro atoms. The topological polar surface area (TPSA) is 51.5 Å². The van der Waals surface area contributed by atoms with Gasteiger partial charge < -0.3 is 14.2 Å². The summed E-state index contributed by atoms with van der Waals surface area (Å²) < 4.78 is 6.78. The molecule has 1 fully saturated rings. The van der Waals surface area contributed by atoms with Crippen molar-refractivity contribution in [3.63, 3.8) is 0 Å². The number of hydrogen-bond donors (Lipinski definition) is 0. The molecule has 0 saturated carbocycles. The summed E-state index contributed by atoms with van der Waals surface area (Å²) in [5.74, 6) is -0.0166. The number of piperidine rings is 1. The summed E-state index contributed by atoms with van der Waals surface area (Å²) in [5, 5.41) is 0. The molecule has 110 valence electrons. The molecule has 0 radical (unpaired) electrons. The van der Waals surface area contributed by atoms with Crippen LogP contribution in [0.3, 0.4) is 0 Å². The molecule has 0 bridgehead atoms. The molecule has 20 heavy (non-hydrogen) atoms. The van der Waals surface area contributed by atoms with Gasteiger partial charge in [0.25, 0.3) is 5.56 Å². The fraction of sp³-hybridized carbons (Fsp3) is 0.600. The first-order valence-corrected chi connectivity index (χ1v) is 7.25. The highest BCUT2D eigenvalue weighted by Gasteiger charge is 2.25. The van der Waals surface area contributed by atoms with Crippen molar-refractivity contribution in [1.29, 1.82) is 0 Å². The lowest BCUT2D eigenvalue weighted by molar-refractivity contribution is -0.149. The summed E-state index contributed by atoms with van der Waals surface area (Å²) in [6.07, 6.45) is 3.51. The van der Waals surface area contributed by atoms with Gasteiger partial charge in [0.1, 0.15) is 0 Å². The Balaban J connectivity index is 1.76. The van der Waals surface area contributed by atoms with Gasteiger partial charge in [-0.05, 0) is 38.9 Å². The second kappa shape index (κ2) is 7.24. The van der Waals surface area contributed by atoms with Crippen LogP contribution in [0.15, 0.2) is 29.2 Å². The maximum Gasteiger partial charge on any atom is 0.309 e. The van der Waals surface area contributed by atoms with Crippen LogP contribution in [-0.2, 0) is 16.1 Å². The van der Waals surface area contributed by atoms with Crippen LogP contribution in [0.4, 0.5) is 0 Å². The van der Waals surface area contributed by atoms with Gasteiger partial charge in [-0.2, -0.15) is 0 Å². The highest BCUT2D eigenvalue weighted by atomic mass is 16.5. The van der Waals surface area contributed by atoms with Gasteiger partial charge in [0, 0.05) is 25.4 Å². The van der Waals surface area contributed by atoms with Crippen LogP contribution in [0.25, 0.3) is 0 Å². The molecule has 0 aromatic carbocycles. The summed E-state index contributed by atoms with van der Waals surface area (Å²) in [5.41, 5.74) is 0.0360. The summed E-state index contributed by atoms with van der Waals surface area (Å²) in [6.45, 7) is 5.62. The van der Waals surface area contributed by atoms with Crippen molar-refractivity contribution in [2.24, 2.45) is 5.92 Å². The molecule has 1 aliphatic heterocycles. The summed E-state index contributed by atoms with van der Waals surface area (Å²) in [6, 6.07) is 5.20. The van der Waals surface area contributed by atoms with Gasteiger partial charge in [-0.3, -0.25) is 9.59 Å². The monoisotopic (exact) mass is 278 g/mol. The van der Waals surface area contributed by atoms with E-state index in [1.807, 2.05) is 19.2 Å². The molecule has 0 unspecified atom stereocenters. The molecule has 1 aromatic rings. The Labute approximate surface area is 119 Å². The minimum atomic E-state index is -0.0635. The zero-order valence-electron chi connectivity index (χ0n) is 12.0. The number of hydrogen-bond acceptors (Lipinski definition) is 4. The summed E-state index contributed by atoms with van der Waals surface area (Å²) in [4.78, 5) is 25.5. The first kappa shape index (κ1) is 14.8. The number of carbonyl (C=O) groups is 1. The summed E-state index contributed by atoms with van der Waals surface area (Å²) >= 11 is 0. The molecule has 1 aliphatic rings. The number of esters is 1. The van der Waals surface area contributed by atoms with Crippen molar-refractivity contribution in [3.8, 4) is 0 Å². The third-order valence-corrected chi connectivity index (χ3v) is 3.76. The highest BCUT2D eigenvalue weighted by Crippen LogP contribution is 2.18. The molecule has 0 aliphatic carbocycles. The van der Waals surface area contributed by atoms with Crippen LogP contribution in [0.2, 0.25) is 0 Å². The number of likely N-dealkylation sites (tertiary alicyclic amines) is 1. The molecule has 5 heteroatoms. The van der Waals surface area contributed by atoms with Crippen LogP contribution in [0.1, 0.15) is 19.8 Å². The van der Waals surface area contributed by atoms with Crippen LogP contribution >= 0.6 is 0 Å². The molecule has 0 amide bonds. The lowest BCUT2D eigenvalue weighted by atomic mass is 9.97. The lowest BCUT2D eigenvalue weighted by Gasteiger charge is -2.30. The molecular formula is C15H22N2O3. The van der Waals surface area contributed by atoms with Gasteiger partial charge in [-0.1, -0.05) is 6.07 Å². The molecule has 0 N–H and O–H groups in total. The normalized spacial score (nSPS) is 17.1. The van der Waals surface area contributed by atoms with Gasteiger partial charge in [0.05, 0.1) is 12.5 Å². The van der Waals surface area contributed by atoms with Crippen LogP contribution in [0, 0.1) is 5.92 Å². The second-order valence-corrected chi connectivity index (χ2v) is 5.10. The Bertz CT molecular complexity index is 490. The van der Waals surface area contributed by atoms with E-state index in [1.165, 1.54) is 0 Å². The number of ether oxygens (including phenoxy) is 1. The highest BCUT2D eigenvalue weighted by molar-refractivity contribution is 5.72. The first-order chi connectivity index (χ1) is 9.70. The Morgan fingerprint density at radius 2 is 2.05 bits per heavy atom. The average Bonchev–Trinajstić information content (AvgIpc) is 2.47. The van der Waals surface area contributed by atoms with E-state index in [4.69, 9.17) is 4.74 Å². The van der Waals surface area contributed by atoms with Gasteiger partial charge >= 0.3 is 5.97 Å². The number of nitrogens with zero attached hydrogens (tertiary/aromatic N) is 2. The van der Waals surface area contributed by atoms with Crippen molar-refractivity contribution in [3.05, 3.63) is 34.7 Å². The second-order valence-electron chi connectivity index (χ2n) is 5.10. The van der Waals surface area contributed by atoms with E-state index >= 15 is 0 Å². The predicted molar refractivity (Wildman–Crippen MR) is 76.5 cm³/mol. The maximum absolute atomic E-state index is 11.6. The standard InChI is InChI=1S/C15H22N2O3/c1-2-20-15(19)13-6-9-16(10-7-13)11-12-17-8-4-3-5-14(17)18/h3-5,8,13H,2,6-7,9-12H2,1H3. The quantitative estimate of drug-likeness (QED) is 0.758. The third-order valence-electron chi connectivity index (χ3n) is 3.76. The van der Waals surface area contributed by atoms with Crippen molar-refractivity contribution in [2.75, 3.05) is 26.2 Å². The van der Waals surface area contributed by atoms with Crippen molar-refractivity contribution >= 4 is 5.97 Å². The van der Waals surface area contributed by atoms with Crippen molar-refractivity contribution in [1.82, 2.24) is 9.47 Å². The SMILES string of the molecule is CCOC(=O)C1CCN(CCn2ccccc2=O)CC1. The number of aromatic nitrogens is 1. The third kappa shape index (κ3) is 3.93. The minimum Gasteiger partial charge on any atom is -0.466 e. The predicted octanol–water partition coefficient (Wildman–Crippen LogP) is 1.12. The smallest absolute Gasteiger partial charge is 0.309 e. The van der Waals surface area contributed by atoms with Crippen LogP contribution in [0.5, 0.6) is 0 Å². The van der Waals surface area contributed by atoms with E-state index in [2.05, 4.69) is 4.90 Å². The Morgan fingerprint density at radius 3 is 2.70 bits per heavy atom. The Hall–Kier alpha value is -1.62. The van der Waals surface area contributed by atoms with Gasteiger partial charge in [0.2, 0.25) is 0 Å². The number of rotatable bonds is 5. The number of carbonyl (C=O) groups excluding carboxylic acids is 1. The molecule has 1 saturated heterocycles. The fourth-order valence-corrected chi connectivity index (χ4v) is 2.55. The van der Waals surface area contributed by atoms with Crippen molar-refractivity contribution < 1.29 is 9.53 Å². The van der Waals surface area contributed by atoms with Crippen LogP contribution in [-0.4, -0.2) is 41.7 Å². The van der Waals surface area contributed by atoms with E-state index in [9.17, 15) is 9.59 Å². The van der Waals surface area contributed by atoms with Gasteiger partial charge in [-0.25, -0.2) is 0 Å². The molecular weight excluding hydrogens is 256 g/mol. The largest absolute Gasteiger partial charge is 0.466 e. The molecule has 1 aromatic heterocycles. The minimum absolute atomic E-state index is 0.0360. The molecule has 2 rings (SSSR count). The lowest BCUT2D eigenvalue weighted by Crippen LogP contribution is -2.39. The van der Waals surface area contributed by atoms with E-state index in [0.29, 0.717) is 13.2 Å². The van der Waals surface area contributed by atoms with Gasteiger partial charge in [-0.15, -0.1) is 0 Å².